The number of carboxylic acid groups (broad SMARTS) is 1. The number of amides is 1. The van der Waals surface area contributed by atoms with E-state index in [1.54, 1.807) is 6.07 Å². The van der Waals surface area contributed by atoms with Gasteiger partial charge < -0.3 is 10.4 Å². The summed E-state index contributed by atoms with van der Waals surface area (Å²) in [6.07, 6.45) is 2.13. The molecule has 5 nitrogen and oxygen atoms in total. The average Bonchev–Trinajstić information content (AvgIpc) is 2.50. The summed E-state index contributed by atoms with van der Waals surface area (Å²) in [6, 6.07) is 5.58. The summed E-state index contributed by atoms with van der Waals surface area (Å²) < 4.78 is 0. The Bertz CT molecular complexity index is 529. The van der Waals surface area contributed by atoms with Crippen LogP contribution in [0.5, 0.6) is 0 Å². The third kappa shape index (κ3) is 7.26. The first kappa shape index (κ1) is 19.1. The number of rotatable bonds is 9. The van der Waals surface area contributed by atoms with E-state index in [4.69, 9.17) is 5.11 Å². The van der Waals surface area contributed by atoms with Crippen LogP contribution in [0.1, 0.15) is 65.0 Å². The van der Waals surface area contributed by atoms with Crippen LogP contribution in [0.2, 0.25) is 0 Å². The third-order valence-corrected chi connectivity index (χ3v) is 4.12. The standard InChI is InChI=1S/C18H28N2O3/c1-12(2)8-10-17(21)20-16-7-5-6-15(19-16)14(4)13(3)9-11-18(22)23/h5-7,12-14H,8-11H2,1-4H3,(H,22,23)(H,19,20,21). The molecule has 1 rings (SSSR count). The predicted molar refractivity (Wildman–Crippen MR) is 91.4 cm³/mol. The van der Waals surface area contributed by atoms with Gasteiger partial charge in [-0.2, -0.15) is 0 Å². The zero-order valence-electron chi connectivity index (χ0n) is 14.5. The topological polar surface area (TPSA) is 79.3 Å². The molecule has 0 aromatic carbocycles. The lowest BCUT2D eigenvalue weighted by atomic mass is 9.89. The van der Waals surface area contributed by atoms with E-state index >= 15 is 0 Å². The fourth-order valence-corrected chi connectivity index (χ4v) is 2.29. The molecule has 1 aromatic heterocycles. The summed E-state index contributed by atoms with van der Waals surface area (Å²) in [5.74, 6) is 0.620. The second-order valence-electron chi connectivity index (χ2n) is 6.63. The number of nitrogens with one attached hydrogen (secondary N) is 1. The highest BCUT2D eigenvalue weighted by molar-refractivity contribution is 5.89. The van der Waals surface area contributed by atoms with Gasteiger partial charge in [-0.3, -0.25) is 9.59 Å². The molecule has 5 heteroatoms. The van der Waals surface area contributed by atoms with Crippen LogP contribution in [0.25, 0.3) is 0 Å². The quantitative estimate of drug-likeness (QED) is 0.719. The minimum absolute atomic E-state index is 0.0186. The van der Waals surface area contributed by atoms with Crippen molar-refractivity contribution in [1.29, 1.82) is 0 Å². The summed E-state index contributed by atoms with van der Waals surface area (Å²) in [6.45, 7) is 8.25. The summed E-state index contributed by atoms with van der Waals surface area (Å²) in [5, 5.41) is 11.6. The van der Waals surface area contributed by atoms with Gasteiger partial charge in [0.1, 0.15) is 5.82 Å². The van der Waals surface area contributed by atoms with Gasteiger partial charge in [0, 0.05) is 24.5 Å². The van der Waals surface area contributed by atoms with Crippen molar-refractivity contribution in [2.75, 3.05) is 5.32 Å². The van der Waals surface area contributed by atoms with Crippen LogP contribution < -0.4 is 5.32 Å². The molecule has 0 aliphatic heterocycles. The van der Waals surface area contributed by atoms with Crippen LogP contribution in [0, 0.1) is 11.8 Å². The largest absolute Gasteiger partial charge is 0.481 e. The van der Waals surface area contributed by atoms with Gasteiger partial charge in [-0.05, 0) is 36.8 Å². The second-order valence-corrected chi connectivity index (χ2v) is 6.63. The van der Waals surface area contributed by atoms with Gasteiger partial charge in [0.2, 0.25) is 5.91 Å². The number of anilines is 1. The van der Waals surface area contributed by atoms with Gasteiger partial charge in [0.15, 0.2) is 0 Å². The van der Waals surface area contributed by atoms with Crippen LogP contribution in [-0.4, -0.2) is 22.0 Å². The first-order valence-corrected chi connectivity index (χ1v) is 8.28. The zero-order valence-corrected chi connectivity index (χ0v) is 14.5. The molecule has 0 radical (unpaired) electrons. The van der Waals surface area contributed by atoms with Crippen LogP contribution >= 0.6 is 0 Å². The molecule has 23 heavy (non-hydrogen) atoms. The Balaban J connectivity index is 2.64. The molecule has 0 aliphatic carbocycles. The summed E-state index contributed by atoms with van der Waals surface area (Å²) in [7, 11) is 0. The van der Waals surface area contributed by atoms with Crippen LogP contribution in [0.3, 0.4) is 0 Å². The number of nitrogens with zero attached hydrogens (tertiary/aromatic N) is 1. The van der Waals surface area contributed by atoms with Crippen molar-refractivity contribution in [3.05, 3.63) is 23.9 Å². The second kappa shape index (κ2) is 9.28. The number of carbonyl (C=O) groups excluding carboxylic acids is 1. The molecule has 1 aromatic rings. The van der Waals surface area contributed by atoms with Crippen molar-refractivity contribution in [1.82, 2.24) is 4.98 Å². The molecular formula is C18H28N2O3. The molecule has 2 unspecified atom stereocenters. The van der Waals surface area contributed by atoms with Crippen molar-refractivity contribution in [3.63, 3.8) is 0 Å². The van der Waals surface area contributed by atoms with Gasteiger partial charge in [0.05, 0.1) is 0 Å². The lowest BCUT2D eigenvalue weighted by molar-refractivity contribution is -0.137. The molecule has 0 aliphatic rings. The number of pyridine rings is 1. The van der Waals surface area contributed by atoms with Gasteiger partial charge in [0.25, 0.3) is 0 Å². The smallest absolute Gasteiger partial charge is 0.303 e. The average molecular weight is 320 g/mol. The molecule has 0 saturated carbocycles. The van der Waals surface area contributed by atoms with E-state index in [0.717, 1.165) is 12.1 Å². The molecule has 0 saturated heterocycles. The van der Waals surface area contributed by atoms with Gasteiger partial charge >= 0.3 is 5.97 Å². The predicted octanol–water partition coefficient (Wildman–Crippen LogP) is 4.06. The highest BCUT2D eigenvalue weighted by Gasteiger charge is 2.17. The molecule has 2 atom stereocenters. The number of aromatic nitrogens is 1. The number of hydrogen-bond acceptors (Lipinski definition) is 3. The lowest BCUT2D eigenvalue weighted by Crippen LogP contribution is -2.15. The first-order chi connectivity index (χ1) is 10.8. The monoisotopic (exact) mass is 320 g/mol. The molecule has 0 fully saturated rings. The fraction of sp³-hybridized carbons (Fsp3) is 0.611. The van der Waals surface area contributed by atoms with E-state index in [1.165, 1.54) is 0 Å². The van der Waals surface area contributed by atoms with E-state index in [2.05, 4.69) is 24.1 Å². The maximum Gasteiger partial charge on any atom is 0.303 e. The SMILES string of the molecule is CC(C)CCC(=O)Nc1cccc(C(C)C(C)CCC(=O)O)n1. The fourth-order valence-electron chi connectivity index (χ4n) is 2.29. The first-order valence-electron chi connectivity index (χ1n) is 8.28. The van der Waals surface area contributed by atoms with E-state index in [9.17, 15) is 9.59 Å². The highest BCUT2D eigenvalue weighted by Crippen LogP contribution is 2.26. The molecular weight excluding hydrogens is 292 g/mol. The van der Waals surface area contributed by atoms with Crippen molar-refractivity contribution in [3.8, 4) is 0 Å². The molecule has 1 amide bonds. The summed E-state index contributed by atoms with van der Waals surface area (Å²) in [5.41, 5.74) is 0.879. The van der Waals surface area contributed by atoms with Gasteiger partial charge in [-0.15, -0.1) is 0 Å². The number of carbonyl (C=O) groups is 2. The van der Waals surface area contributed by atoms with Crippen molar-refractivity contribution >= 4 is 17.7 Å². The Morgan fingerprint density at radius 3 is 2.43 bits per heavy atom. The van der Waals surface area contributed by atoms with E-state index in [1.807, 2.05) is 26.0 Å². The van der Waals surface area contributed by atoms with Crippen molar-refractivity contribution < 1.29 is 14.7 Å². The van der Waals surface area contributed by atoms with E-state index in [0.29, 0.717) is 24.6 Å². The molecule has 1 heterocycles. The maximum atomic E-state index is 11.9. The van der Waals surface area contributed by atoms with E-state index < -0.39 is 5.97 Å². The Morgan fingerprint density at radius 2 is 1.83 bits per heavy atom. The van der Waals surface area contributed by atoms with Crippen molar-refractivity contribution in [2.45, 2.75) is 59.3 Å². The van der Waals surface area contributed by atoms with Crippen LogP contribution in [0.15, 0.2) is 18.2 Å². The third-order valence-electron chi connectivity index (χ3n) is 4.12. The molecule has 0 spiro atoms. The lowest BCUT2D eigenvalue weighted by Gasteiger charge is -2.19. The normalized spacial score (nSPS) is 13.6. The Morgan fingerprint density at radius 1 is 1.13 bits per heavy atom. The maximum absolute atomic E-state index is 11.9. The van der Waals surface area contributed by atoms with Crippen LogP contribution in [0.4, 0.5) is 5.82 Å². The number of hydrogen-bond donors (Lipinski definition) is 2. The molecule has 0 bridgehead atoms. The van der Waals surface area contributed by atoms with Gasteiger partial charge in [-0.1, -0.05) is 33.8 Å². The van der Waals surface area contributed by atoms with E-state index in [-0.39, 0.29) is 24.2 Å². The zero-order chi connectivity index (χ0) is 17.4. The highest BCUT2D eigenvalue weighted by atomic mass is 16.4. The van der Waals surface area contributed by atoms with Gasteiger partial charge in [-0.25, -0.2) is 4.98 Å². The minimum Gasteiger partial charge on any atom is -0.481 e. The number of carboxylic acids is 1. The van der Waals surface area contributed by atoms with Crippen LogP contribution in [-0.2, 0) is 9.59 Å². The number of aliphatic carboxylic acids is 1. The molecule has 128 valence electrons. The summed E-state index contributed by atoms with van der Waals surface area (Å²) >= 11 is 0. The summed E-state index contributed by atoms with van der Waals surface area (Å²) in [4.78, 5) is 27.1. The Kier molecular flexibility index (Phi) is 7.72. The Labute approximate surface area is 138 Å². The molecule has 2 N–H and O–H groups in total. The van der Waals surface area contributed by atoms with Crippen molar-refractivity contribution in [2.24, 2.45) is 11.8 Å². The minimum atomic E-state index is -0.775. The Hall–Kier alpha value is -1.91.